The van der Waals surface area contributed by atoms with Crippen LogP contribution in [0.4, 0.5) is 5.82 Å². The lowest BCUT2D eigenvalue weighted by molar-refractivity contribution is 0.103. The number of hydrogen-bond acceptors (Lipinski definition) is 5. The van der Waals surface area contributed by atoms with Gasteiger partial charge < -0.3 is 5.32 Å². The zero-order valence-electron chi connectivity index (χ0n) is 11.3. The van der Waals surface area contributed by atoms with Crippen LogP contribution in [0.2, 0.25) is 0 Å². The molecule has 0 unspecified atom stereocenters. The molecule has 0 aliphatic heterocycles. The lowest BCUT2D eigenvalue weighted by Crippen LogP contribution is -2.12. The highest BCUT2D eigenvalue weighted by Crippen LogP contribution is 2.38. The molecule has 0 saturated carbocycles. The van der Waals surface area contributed by atoms with Crippen molar-refractivity contribution in [1.82, 2.24) is 9.97 Å². The van der Waals surface area contributed by atoms with Crippen molar-refractivity contribution in [2.24, 2.45) is 0 Å². The molecule has 0 saturated heterocycles. The second kappa shape index (κ2) is 5.20. The van der Waals surface area contributed by atoms with Gasteiger partial charge in [0, 0.05) is 4.88 Å². The fourth-order valence-electron chi connectivity index (χ4n) is 2.76. The van der Waals surface area contributed by atoms with E-state index in [0.29, 0.717) is 10.7 Å². The van der Waals surface area contributed by atoms with E-state index in [1.165, 1.54) is 40.9 Å². The number of nitrogens with zero attached hydrogens (tertiary/aromatic N) is 2. The molecule has 0 fully saturated rings. The molecule has 106 valence electrons. The average molecular weight is 315 g/mol. The van der Waals surface area contributed by atoms with Gasteiger partial charge in [0.05, 0.1) is 10.3 Å². The predicted octanol–water partition coefficient (Wildman–Crippen LogP) is 3.88. The minimum Gasteiger partial charge on any atom is -0.305 e. The number of rotatable bonds is 2. The summed E-state index contributed by atoms with van der Waals surface area (Å²) in [5, 5.41) is 5.89. The SMILES string of the molecule is O=C(Nc1ncnc2sc3c(c12)CCCC3)c1cccs1. The van der Waals surface area contributed by atoms with Crippen molar-refractivity contribution in [1.29, 1.82) is 0 Å². The Bertz CT molecular complexity index is 808. The maximum atomic E-state index is 12.3. The third-order valence-electron chi connectivity index (χ3n) is 3.73. The fraction of sp³-hybridized carbons (Fsp3) is 0.267. The number of carbonyl (C=O) groups excluding carboxylic acids is 1. The fourth-order valence-corrected chi connectivity index (χ4v) is 4.61. The van der Waals surface area contributed by atoms with Crippen LogP contribution >= 0.6 is 22.7 Å². The lowest BCUT2D eigenvalue weighted by Gasteiger charge is -2.11. The van der Waals surface area contributed by atoms with Gasteiger partial charge in [0.2, 0.25) is 0 Å². The highest BCUT2D eigenvalue weighted by atomic mass is 32.1. The molecule has 4 nitrogen and oxygen atoms in total. The molecule has 1 aliphatic rings. The molecule has 0 radical (unpaired) electrons. The maximum Gasteiger partial charge on any atom is 0.266 e. The van der Waals surface area contributed by atoms with Crippen LogP contribution in [-0.4, -0.2) is 15.9 Å². The van der Waals surface area contributed by atoms with Gasteiger partial charge in [-0.15, -0.1) is 22.7 Å². The molecule has 0 atom stereocenters. The second-order valence-electron chi connectivity index (χ2n) is 5.04. The molecule has 4 rings (SSSR count). The van der Waals surface area contributed by atoms with E-state index in [4.69, 9.17) is 0 Å². The van der Waals surface area contributed by atoms with Gasteiger partial charge in [-0.1, -0.05) is 6.07 Å². The molecule has 1 amide bonds. The molecule has 0 bridgehead atoms. The summed E-state index contributed by atoms with van der Waals surface area (Å²) in [6.45, 7) is 0. The van der Waals surface area contributed by atoms with Crippen molar-refractivity contribution in [3.05, 3.63) is 39.2 Å². The Kier molecular flexibility index (Phi) is 3.20. The van der Waals surface area contributed by atoms with E-state index in [0.717, 1.165) is 23.1 Å². The molecule has 3 aromatic heterocycles. The quantitative estimate of drug-likeness (QED) is 0.780. The maximum absolute atomic E-state index is 12.3. The van der Waals surface area contributed by atoms with Gasteiger partial charge in [0.15, 0.2) is 0 Å². The summed E-state index contributed by atoms with van der Waals surface area (Å²) in [5.41, 5.74) is 1.34. The number of aryl methyl sites for hydroxylation is 2. The van der Waals surface area contributed by atoms with Crippen molar-refractivity contribution in [2.75, 3.05) is 5.32 Å². The first kappa shape index (κ1) is 12.9. The average Bonchev–Trinajstić information content (AvgIpc) is 3.15. The van der Waals surface area contributed by atoms with E-state index < -0.39 is 0 Å². The van der Waals surface area contributed by atoms with Crippen LogP contribution in [0.25, 0.3) is 10.2 Å². The molecule has 0 spiro atoms. The van der Waals surface area contributed by atoms with Crippen LogP contribution in [0.1, 0.15) is 33.0 Å². The van der Waals surface area contributed by atoms with Crippen LogP contribution in [0.15, 0.2) is 23.8 Å². The first-order valence-electron chi connectivity index (χ1n) is 6.93. The molecular weight excluding hydrogens is 302 g/mol. The van der Waals surface area contributed by atoms with E-state index >= 15 is 0 Å². The van der Waals surface area contributed by atoms with Gasteiger partial charge in [-0.05, 0) is 42.7 Å². The number of amides is 1. The molecular formula is C15H13N3OS2. The number of nitrogens with one attached hydrogen (secondary N) is 1. The van der Waals surface area contributed by atoms with E-state index in [9.17, 15) is 4.79 Å². The molecule has 21 heavy (non-hydrogen) atoms. The number of fused-ring (bicyclic) bond motifs is 3. The van der Waals surface area contributed by atoms with Crippen LogP contribution in [0.3, 0.4) is 0 Å². The van der Waals surface area contributed by atoms with Crippen LogP contribution < -0.4 is 5.32 Å². The summed E-state index contributed by atoms with van der Waals surface area (Å²) in [6.07, 6.45) is 6.16. The Hall–Kier alpha value is -1.79. The van der Waals surface area contributed by atoms with Gasteiger partial charge >= 0.3 is 0 Å². The first-order chi connectivity index (χ1) is 10.3. The second-order valence-corrected chi connectivity index (χ2v) is 7.08. The highest BCUT2D eigenvalue weighted by molar-refractivity contribution is 7.19. The van der Waals surface area contributed by atoms with E-state index in [1.54, 1.807) is 11.3 Å². The molecule has 3 heterocycles. The number of thiophene rings is 2. The number of aromatic nitrogens is 2. The molecule has 6 heteroatoms. The molecule has 1 aliphatic carbocycles. The van der Waals surface area contributed by atoms with Gasteiger partial charge in [-0.25, -0.2) is 9.97 Å². The van der Waals surface area contributed by atoms with Gasteiger partial charge in [0.1, 0.15) is 17.0 Å². The van der Waals surface area contributed by atoms with Gasteiger partial charge in [-0.3, -0.25) is 4.79 Å². The Morgan fingerprint density at radius 1 is 1.24 bits per heavy atom. The minimum atomic E-state index is -0.0965. The van der Waals surface area contributed by atoms with Crippen molar-refractivity contribution in [3.8, 4) is 0 Å². The molecule has 0 aromatic carbocycles. The summed E-state index contributed by atoms with van der Waals surface area (Å²) in [6, 6.07) is 3.70. The van der Waals surface area contributed by atoms with Crippen LogP contribution in [-0.2, 0) is 12.8 Å². The number of anilines is 1. The first-order valence-corrected chi connectivity index (χ1v) is 8.62. The largest absolute Gasteiger partial charge is 0.305 e. The molecule has 1 N–H and O–H groups in total. The zero-order valence-corrected chi connectivity index (χ0v) is 12.9. The van der Waals surface area contributed by atoms with Gasteiger partial charge in [-0.2, -0.15) is 0 Å². The third kappa shape index (κ3) is 2.24. The zero-order chi connectivity index (χ0) is 14.2. The Morgan fingerprint density at radius 2 is 2.14 bits per heavy atom. The van der Waals surface area contributed by atoms with E-state index in [1.807, 2.05) is 17.5 Å². The smallest absolute Gasteiger partial charge is 0.266 e. The standard InChI is InChI=1S/C15H13N3OS2/c19-14(11-6-3-7-20-11)18-13-12-9-4-1-2-5-10(9)21-15(12)17-8-16-13/h3,6-8H,1-2,4-5H2,(H,16,17,18,19). The Morgan fingerprint density at radius 3 is 3.00 bits per heavy atom. The van der Waals surface area contributed by atoms with Gasteiger partial charge in [0.25, 0.3) is 5.91 Å². The van der Waals surface area contributed by atoms with Crippen molar-refractivity contribution >= 4 is 44.6 Å². The summed E-state index contributed by atoms with van der Waals surface area (Å²) >= 11 is 3.17. The Balaban J connectivity index is 1.78. The lowest BCUT2D eigenvalue weighted by atomic mass is 9.97. The monoisotopic (exact) mass is 315 g/mol. The summed E-state index contributed by atoms with van der Waals surface area (Å²) in [5.74, 6) is 0.554. The van der Waals surface area contributed by atoms with Crippen LogP contribution in [0, 0.1) is 0 Å². The van der Waals surface area contributed by atoms with E-state index in [-0.39, 0.29) is 5.91 Å². The summed E-state index contributed by atoms with van der Waals surface area (Å²) < 4.78 is 0. The minimum absolute atomic E-state index is 0.0965. The van der Waals surface area contributed by atoms with Crippen molar-refractivity contribution < 1.29 is 4.79 Å². The van der Waals surface area contributed by atoms with Crippen molar-refractivity contribution in [3.63, 3.8) is 0 Å². The summed E-state index contributed by atoms with van der Waals surface area (Å²) in [7, 11) is 0. The topological polar surface area (TPSA) is 54.9 Å². The molecule has 3 aromatic rings. The number of hydrogen-bond donors (Lipinski definition) is 1. The third-order valence-corrected chi connectivity index (χ3v) is 5.80. The highest BCUT2D eigenvalue weighted by Gasteiger charge is 2.21. The normalized spacial score (nSPS) is 14.1. The Labute approximate surface area is 129 Å². The van der Waals surface area contributed by atoms with Crippen LogP contribution in [0.5, 0.6) is 0 Å². The van der Waals surface area contributed by atoms with E-state index in [2.05, 4.69) is 15.3 Å². The summed E-state index contributed by atoms with van der Waals surface area (Å²) in [4.78, 5) is 24.0. The van der Waals surface area contributed by atoms with Crippen molar-refractivity contribution in [2.45, 2.75) is 25.7 Å². The number of carbonyl (C=O) groups is 1. The predicted molar refractivity (Wildman–Crippen MR) is 86.3 cm³/mol.